The molecule has 0 heterocycles. The van der Waals surface area contributed by atoms with Crippen molar-refractivity contribution < 1.29 is 13.2 Å². The molecule has 16 heavy (non-hydrogen) atoms. The average molecular weight is 227 g/mol. The van der Waals surface area contributed by atoms with Gasteiger partial charge in [0.25, 0.3) is 0 Å². The Bertz CT molecular complexity index is 462. The van der Waals surface area contributed by atoms with E-state index in [0.717, 1.165) is 31.7 Å². The van der Waals surface area contributed by atoms with Crippen molar-refractivity contribution >= 4 is 0 Å². The van der Waals surface area contributed by atoms with Crippen molar-refractivity contribution in [2.45, 2.75) is 36.6 Å². The lowest BCUT2D eigenvalue weighted by Crippen LogP contribution is -2.38. The topological polar surface area (TPSA) is 26.0 Å². The summed E-state index contributed by atoms with van der Waals surface area (Å²) in [4.78, 5) is 0. The Kier molecular flexibility index (Phi) is 1.78. The van der Waals surface area contributed by atoms with Crippen LogP contribution in [-0.2, 0) is 5.41 Å². The van der Waals surface area contributed by atoms with E-state index in [1.807, 2.05) is 0 Å². The number of hydrogen-bond donors (Lipinski definition) is 1. The Morgan fingerprint density at radius 1 is 0.875 bits per heavy atom. The van der Waals surface area contributed by atoms with Crippen molar-refractivity contribution in [2.24, 2.45) is 5.73 Å². The highest BCUT2D eigenvalue weighted by atomic mass is 19.2. The van der Waals surface area contributed by atoms with E-state index in [1.54, 1.807) is 0 Å². The summed E-state index contributed by atoms with van der Waals surface area (Å²) in [6.07, 6.45) is 3.22. The lowest BCUT2D eigenvalue weighted by molar-refractivity contribution is 0.449. The molecule has 0 radical (unpaired) electrons. The molecule has 0 saturated heterocycles. The van der Waals surface area contributed by atoms with Gasteiger partial charge in [0.15, 0.2) is 11.6 Å². The molecule has 2 aliphatic carbocycles. The van der Waals surface area contributed by atoms with Gasteiger partial charge in [0.05, 0.1) is 0 Å². The van der Waals surface area contributed by atoms with E-state index >= 15 is 0 Å². The minimum absolute atomic E-state index is 0.256. The number of benzene rings is 1. The van der Waals surface area contributed by atoms with Crippen molar-refractivity contribution in [2.75, 3.05) is 0 Å². The zero-order valence-electron chi connectivity index (χ0n) is 8.69. The first-order valence-corrected chi connectivity index (χ1v) is 5.42. The Hall–Kier alpha value is -1.03. The van der Waals surface area contributed by atoms with Crippen LogP contribution in [0.4, 0.5) is 13.2 Å². The Morgan fingerprint density at radius 2 is 1.44 bits per heavy atom. The number of hydrogen-bond acceptors (Lipinski definition) is 1. The summed E-state index contributed by atoms with van der Waals surface area (Å²) >= 11 is 0. The van der Waals surface area contributed by atoms with E-state index in [1.165, 1.54) is 0 Å². The van der Waals surface area contributed by atoms with Crippen molar-refractivity contribution in [3.63, 3.8) is 0 Å². The number of rotatable bonds is 2. The molecule has 2 fully saturated rings. The highest BCUT2D eigenvalue weighted by Crippen LogP contribution is 2.64. The monoisotopic (exact) mass is 227 g/mol. The molecule has 0 amide bonds. The summed E-state index contributed by atoms with van der Waals surface area (Å²) in [6, 6.07) is 1.60. The molecule has 0 unspecified atom stereocenters. The van der Waals surface area contributed by atoms with E-state index in [2.05, 4.69) is 0 Å². The minimum Gasteiger partial charge on any atom is -0.324 e. The summed E-state index contributed by atoms with van der Waals surface area (Å²) in [5, 5.41) is 0. The molecular weight excluding hydrogens is 215 g/mol. The lowest BCUT2D eigenvalue weighted by atomic mass is 9.86. The van der Waals surface area contributed by atoms with Crippen LogP contribution in [0.1, 0.15) is 31.2 Å². The third-order valence-electron chi connectivity index (χ3n) is 4.02. The first kappa shape index (κ1) is 10.1. The molecule has 0 aromatic heterocycles. The minimum atomic E-state index is -1.14. The van der Waals surface area contributed by atoms with Crippen molar-refractivity contribution in [3.05, 3.63) is 35.1 Å². The van der Waals surface area contributed by atoms with E-state index in [0.29, 0.717) is 6.07 Å². The first-order valence-electron chi connectivity index (χ1n) is 5.42. The van der Waals surface area contributed by atoms with Gasteiger partial charge in [-0.15, -0.1) is 0 Å². The molecule has 2 N–H and O–H groups in total. The standard InChI is InChI=1S/C12H12F3N/c13-8-6-10(15)9(14)5-7(8)11(1-2-11)12(16)3-4-12/h5-6H,1-4,16H2. The van der Waals surface area contributed by atoms with Crippen LogP contribution in [-0.4, -0.2) is 5.54 Å². The Balaban J connectivity index is 2.10. The third kappa shape index (κ3) is 1.16. The highest BCUT2D eigenvalue weighted by molar-refractivity contribution is 5.41. The summed E-state index contributed by atoms with van der Waals surface area (Å²) in [5.74, 6) is -2.81. The predicted octanol–water partition coefficient (Wildman–Crippen LogP) is 2.63. The molecule has 0 aliphatic heterocycles. The SMILES string of the molecule is NC1(C2(c3cc(F)c(F)cc3F)CC2)CC1. The number of halogens is 3. The normalized spacial score (nSPS) is 24.2. The van der Waals surface area contributed by atoms with Crippen LogP contribution in [0.5, 0.6) is 0 Å². The van der Waals surface area contributed by atoms with E-state index in [9.17, 15) is 13.2 Å². The third-order valence-corrected chi connectivity index (χ3v) is 4.02. The van der Waals surface area contributed by atoms with Crippen molar-refractivity contribution in [1.82, 2.24) is 0 Å². The maximum absolute atomic E-state index is 13.7. The Morgan fingerprint density at radius 3 is 1.94 bits per heavy atom. The van der Waals surface area contributed by atoms with Crippen LogP contribution >= 0.6 is 0 Å². The molecule has 1 nitrogen and oxygen atoms in total. The molecule has 0 spiro atoms. The zero-order chi connectivity index (χ0) is 11.6. The van der Waals surface area contributed by atoms with Gasteiger partial charge in [-0.25, -0.2) is 13.2 Å². The van der Waals surface area contributed by atoms with Gasteiger partial charge in [-0.2, -0.15) is 0 Å². The molecule has 1 aromatic carbocycles. The van der Waals surface area contributed by atoms with Crippen LogP contribution in [0, 0.1) is 17.5 Å². The van der Waals surface area contributed by atoms with Crippen LogP contribution in [0.25, 0.3) is 0 Å². The van der Waals surface area contributed by atoms with Gasteiger partial charge in [-0.1, -0.05) is 0 Å². The van der Waals surface area contributed by atoms with E-state index in [4.69, 9.17) is 5.73 Å². The average Bonchev–Trinajstić information content (AvgIpc) is 3.07. The molecule has 1 aromatic rings. The van der Waals surface area contributed by atoms with Gasteiger partial charge in [-0.3, -0.25) is 0 Å². The smallest absolute Gasteiger partial charge is 0.161 e. The molecule has 2 saturated carbocycles. The molecule has 0 bridgehead atoms. The fraction of sp³-hybridized carbons (Fsp3) is 0.500. The summed E-state index contributed by atoms with van der Waals surface area (Å²) in [7, 11) is 0. The molecule has 4 heteroatoms. The van der Waals surface area contributed by atoms with Gasteiger partial charge in [0.2, 0.25) is 0 Å². The highest BCUT2D eigenvalue weighted by Gasteiger charge is 2.65. The predicted molar refractivity (Wildman–Crippen MR) is 53.4 cm³/mol. The molecule has 3 rings (SSSR count). The fourth-order valence-corrected chi connectivity index (χ4v) is 2.66. The van der Waals surface area contributed by atoms with Crippen LogP contribution in [0.2, 0.25) is 0 Å². The van der Waals surface area contributed by atoms with Gasteiger partial charge in [0, 0.05) is 17.0 Å². The van der Waals surface area contributed by atoms with E-state index < -0.39 is 28.4 Å². The maximum atomic E-state index is 13.7. The van der Waals surface area contributed by atoms with Crippen LogP contribution < -0.4 is 5.73 Å². The van der Waals surface area contributed by atoms with Crippen LogP contribution in [0.3, 0.4) is 0 Å². The molecule has 86 valence electrons. The fourth-order valence-electron chi connectivity index (χ4n) is 2.66. The summed E-state index contributed by atoms with van der Waals surface area (Å²) in [5.41, 5.74) is 5.52. The Labute approximate surface area is 91.4 Å². The first-order chi connectivity index (χ1) is 7.48. The van der Waals surface area contributed by atoms with Crippen molar-refractivity contribution in [1.29, 1.82) is 0 Å². The summed E-state index contributed by atoms with van der Waals surface area (Å²) in [6.45, 7) is 0. The van der Waals surface area contributed by atoms with Gasteiger partial charge < -0.3 is 5.73 Å². The second-order valence-corrected chi connectivity index (χ2v) is 4.98. The van der Waals surface area contributed by atoms with E-state index in [-0.39, 0.29) is 5.56 Å². The maximum Gasteiger partial charge on any atom is 0.161 e. The second-order valence-electron chi connectivity index (χ2n) is 4.98. The number of nitrogens with two attached hydrogens (primary N) is 1. The zero-order valence-corrected chi connectivity index (χ0v) is 8.69. The van der Waals surface area contributed by atoms with Gasteiger partial charge >= 0.3 is 0 Å². The molecular formula is C12H12F3N. The molecule has 0 atom stereocenters. The second kappa shape index (κ2) is 2.80. The largest absolute Gasteiger partial charge is 0.324 e. The van der Waals surface area contributed by atoms with Gasteiger partial charge in [-0.05, 0) is 37.3 Å². The van der Waals surface area contributed by atoms with Gasteiger partial charge in [0.1, 0.15) is 5.82 Å². The molecule has 2 aliphatic rings. The lowest BCUT2D eigenvalue weighted by Gasteiger charge is -2.23. The summed E-state index contributed by atoms with van der Waals surface area (Å²) < 4.78 is 39.6. The van der Waals surface area contributed by atoms with Crippen molar-refractivity contribution in [3.8, 4) is 0 Å². The van der Waals surface area contributed by atoms with Crippen LogP contribution in [0.15, 0.2) is 12.1 Å². The quantitative estimate of drug-likeness (QED) is 0.772.